The van der Waals surface area contributed by atoms with Gasteiger partial charge in [0, 0.05) is 10.9 Å². The molecule has 0 saturated carbocycles. The van der Waals surface area contributed by atoms with Gasteiger partial charge in [-0.05, 0) is 36.6 Å². The van der Waals surface area contributed by atoms with Crippen LogP contribution in [0.3, 0.4) is 0 Å². The van der Waals surface area contributed by atoms with E-state index in [0.717, 1.165) is 5.39 Å². The molecule has 130 valence electrons. The van der Waals surface area contributed by atoms with E-state index in [1.807, 2.05) is 12.1 Å². The number of halogens is 3. The molecule has 7 heteroatoms. The summed E-state index contributed by atoms with van der Waals surface area (Å²) in [6, 6.07) is 12.8. The number of hydrogen-bond acceptors (Lipinski definition) is 3. The highest BCUT2D eigenvalue weighted by Gasteiger charge is 2.31. The number of alkyl halides is 3. The van der Waals surface area contributed by atoms with Gasteiger partial charge in [-0.15, -0.1) is 13.2 Å². The summed E-state index contributed by atoms with van der Waals surface area (Å²) < 4.78 is 46.3. The van der Waals surface area contributed by atoms with Crippen LogP contribution in [0.1, 0.15) is 21.7 Å². The van der Waals surface area contributed by atoms with Crippen LogP contribution < -0.4 is 10.5 Å². The lowest BCUT2D eigenvalue weighted by Gasteiger charge is -2.10. The van der Waals surface area contributed by atoms with Gasteiger partial charge in [0.05, 0.1) is 0 Å². The third-order valence-electron chi connectivity index (χ3n) is 3.72. The van der Waals surface area contributed by atoms with Gasteiger partial charge < -0.3 is 14.9 Å². The van der Waals surface area contributed by atoms with Gasteiger partial charge >= 0.3 is 6.36 Å². The Morgan fingerprint density at radius 1 is 1.08 bits per heavy atom. The topological polar surface area (TPSA) is 65.5 Å². The Balaban J connectivity index is 1.85. The highest BCUT2D eigenvalue weighted by atomic mass is 19.4. The van der Waals surface area contributed by atoms with Crippen molar-refractivity contribution in [3.63, 3.8) is 0 Å². The predicted molar refractivity (Wildman–Crippen MR) is 85.3 cm³/mol. The molecule has 3 aromatic rings. The van der Waals surface area contributed by atoms with Crippen molar-refractivity contribution in [1.29, 1.82) is 0 Å². The first-order valence-corrected chi connectivity index (χ1v) is 7.48. The van der Waals surface area contributed by atoms with Gasteiger partial charge in [-0.3, -0.25) is 4.79 Å². The molecule has 1 heterocycles. The lowest BCUT2D eigenvalue weighted by Crippen LogP contribution is -2.17. The second kappa shape index (κ2) is 6.51. The summed E-state index contributed by atoms with van der Waals surface area (Å²) in [7, 11) is 0. The molecule has 4 nitrogen and oxygen atoms in total. The molecule has 2 N–H and O–H groups in total. The highest BCUT2D eigenvalue weighted by Crippen LogP contribution is 2.28. The number of nitrogens with two attached hydrogens (primary N) is 1. The smallest absolute Gasteiger partial charge is 0.451 e. The first-order chi connectivity index (χ1) is 11.8. The average Bonchev–Trinajstić information content (AvgIpc) is 2.90. The summed E-state index contributed by atoms with van der Waals surface area (Å²) in [5, 5.41) is 0.763. The van der Waals surface area contributed by atoms with Crippen molar-refractivity contribution in [3.05, 3.63) is 65.4 Å². The second-order valence-electron chi connectivity index (χ2n) is 5.47. The average molecular weight is 349 g/mol. The fourth-order valence-corrected chi connectivity index (χ4v) is 2.71. The van der Waals surface area contributed by atoms with Gasteiger partial charge in [0.15, 0.2) is 5.76 Å². The Hall–Kier alpha value is -2.96. The van der Waals surface area contributed by atoms with Gasteiger partial charge in [-0.1, -0.05) is 30.3 Å². The molecule has 0 bridgehead atoms. The lowest BCUT2D eigenvalue weighted by molar-refractivity contribution is -0.274. The molecule has 0 saturated heterocycles. The largest absolute Gasteiger partial charge is 0.573 e. The number of aryl methyl sites for hydroxylation is 2. The Morgan fingerprint density at radius 3 is 2.56 bits per heavy atom. The zero-order valence-electron chi connectivity index (χ0n) is 13.0. The van der Waals surface area contributed by atoms with Crippen LogP contribution in [0.25, 0.3) is 11.0 Å². The SMILES string of the molecule is NC(=O)c1oc2ccccc2c1CCc1cccc(OC(F)(F)F)c1. The molecule has 0 atom stereocenters. The molecule has 0 unspecified atom stereocenters. The van der Waals surface area contributed by atoms with E-state index < -0.39 is 12.3 Å². The van der Waals surface area contributed by atoms with E-state index in [9.17, 15) is 18.0 Å². The molecule has 0 fully saturated rings. The number of carbonyl (C=O) groups is 1. The zero-order valence-corrected chi connectivity index (χ0v) is 13.0. The monoisotopic (exact) mass is 349 g/mol. The van der Waals surface area contributed by atoms with Gasteiger partial charge in [-0.2, -0.15) is 0 Å². The maximum absolute atomic E-state index is 12.3. The van der Waals surface area contributed by atoms with Crippen LogP contribution in [0.2, 0.25) is 0 Å². The van der Waals surface area contributed by atoms with Crippen molar-refractivity contribution in [2.45, 2.75) is 19.2 Å². The number of amides is 1. The molecule has 0 radical (unpaired) electrons. The minimum atomic E-state index is -4.74. The van der Waals surface area contributed by atoms with Crippen LogP contribution in [0, 0.1) is 0 Å². The Kier molecular flexibility index (Phi) is 4.39. The molecule has 1 amide bonds. The number of primary amides is 1. The molecule has 0 aliphatic rings. The maximum atomic E-state index is 12.3. The third kappa shape index (κ3) is 3.93. The van der Waals surface area contributed by atoms with E-state index in [1.165, 1.54) is 18.2 Å². The fourth-order valence-electron chi connectivity index (χ4n) is 2.71. The first-order valence-electron chi connectivity index (χ1n) is 7.48. The normalized spacial score (nSPS) is 11.6. The van der Waals surface area contributed by atoms with Gasteiger partial charge in [-0.25, -0.2) is 0 Å². The molecule has 0 aliphatic carbocycles. The number of rotatable bonds is 5. The van der Waals surface area contributed by atoms with Crippen LogP contribution in [0.15, 0.2) is 52.9 Å². The summed E-state index contributed by atoms with van der Waals surface area (Å²) in [5.41, 5.74) is 7.19. The van der Waals surface area contributed by atoms with Crippen molar-refractivity contribution in [2.75, 3.05) is 0 Å². The number of ether oxygens (including phenoxy) is 1. The van der Waals surface area contributed by atoms with E-state index >= 15 is 0 Å². The number of benzene rings is 2. The predicted octanol–water partition coefficient (Wildman–Crippen LogP) is 4.22. The summed E-state index contributed by atoms with van der Waals surface area (Å²) in [4.78, 5) is 11.6. The van der Waals surface area contributed by atoms with Crippen LogP contribution in [-0.4, -0.2) is 12.3 Å². The van der Waals surface area contributed by atoms with E-state index in [-0.39, 0.29) is 11.5 Å². The third-order valence-corrected chi connectivity index (χ3v) is 3.72. The van der Waals surface area contributed by atoms with Crippen molar-refractivity contribution < 1.29 is 27.1 Å². The number of carbonyl (C=O) groups excluding carboxylic acids is 1. The zero-order chi connectivity index (χ0) is 18.0. The van der Waals surface area contributed by atoms with Gasteiger partial charge in [0.25, 0.3) is 5.91 Å². The molecule has 25 heavy (non-hydrogen) atoms. The number of furan rings is 1. The Morgan fingerprint density at radius 2 is 1.84 bits per heavy atom. The molecule has 2 aromatic carbocycles. The van der Waals surface area contributed by atoms with Crippen LogP contribution >= 0.6 is 0 Å². The minimum Gasteiger partial charge on any atom is -0.451 e. The van der Waals surface area contributed by atoms with Crippen LogP contribution in [-0.2, 0) is 12.8 Å². The van der Waals surface area contributed by atoms with Crippen molar-refractivity contribution in [2.24, 2.45) is 5.73 Å². The lowest BCUT2D eigenvalue weighted by atomic mass is 10.0. The Labute approximate surface area is 141 Å². The standard InChI is InChI=1S/C18H14F3NO3/c19-18(20,21)25-12-5-3-4-11(10-12)8-9-14-13-6-1-2-7-15(13)24-16(14)17(22)23/h1-7,10H,8-9H2,(H2,22,23). The highest BCUT2D eigenvalue weighted by molar-refractivity contribution is 5.98. The van der Waals surface area contributed by atoms with E-state index in [0.29, 0.717) is 29.6 Å². The fraction of sp³-hybridized carbons (Fsp3) is 0.167. The summed E-state index contributed by atoms with van der Waals surface area (Å²) in [5.74, 6) is -0.888. The minimum absolute atomic E-state index is 0.0731. The number of fused-ring (bicyclic) bond motifs is 1. The van der Waals surface area contributed by atoms with Crippen LogP contribution in [0.5, 0.6) is 5.75 Å². The molecule has 0 spiro atoms. The Bertz CT molecular complexity index is 915. The van der Waals surface area contributed by atoms with Crippen molar-refractivity contribution in [3.8, 4) is 5.75 Å². The quantitative estimate of drug-likeness (QED) is 0.750. The second-order valence-corrected chi connectivity index (χ2v) is 5.47. The maximum Gasteiger partial charge on any atom is 0.573 e. The van der Waals surface area contributed by atoms with Crippen LogP contribution in [0.4, 0.5) is 13.2 Å². The molecule has 1 aromatic heterocycles. The van der Waals surface area contributed by atoms with Crippen molar-refractivity contribution >= 4 is 16.9 Å². The summed E-state index contributed by atoms with van der Waals surface area (Å²) in [6.45, 7) is 0. The van der Waals surface area contributed by atoms with E-state index in [1.54, 1.807) is 18.2 Å². The molecular formula is C18H14F3NO3. The van der Waals surface area contributed by atoms with E-state index in [2.05, 4.69) is 4.74 Å². The van der Waals surface area contributed by atoms with Gasteiger partial charge in [0.1, 0.15) is 11.3 Å². The first kappa shape index (κ1) is 16.9. The number of hydrogen-bond donors (Lipinski definition) is 1. The molecule has 0 aliphatic heterocycles. The van der Waals surface area contributed by atoms with Crippen molar-refractivity contribution in [1.82, 2.24) is 0 Å². The molecular weight excluding hydrogens is 335 g/mol. The van der Waals surface area contributed by atoms with E-state index in [4.69, 9.17) is 10.2 Å². The number of para-hydroxylation sites is 1. The molecule has 3 rings (SSSR count). The summed E-state index contributed by atoms with van der Waals surface area (Å²) in [6.07, 6.45) is -3.94. The van der Waals surface area contributed by atoms with Gasteiger partial charge in [0.2, 0.25) is 0 Å². The summed E-state index contributed by atoms with van der Waals surface area (Å²) >= 11 is 0.